The third-order valence-corrected chi connectivity index (χ3v) is 7.22. The van der Waals surface area contributed by atoms with Gasteiger partial charge < -0.3 is 4.74 Å². The van der Waals surface area contributed by atoms with Crippen LogP contribution >= 0.6 is 61.1 Å². The van der Waals surface area contributed by atoms with Gasteiger partial charge in [0, 0.05) is 10.4 Å². The second kappa shape index (κ2) is 10.7. The number of aromatic nitrogens is 2. The highest BCUT2D eigenvalue weighted by Gasteiger charge is 2.16. The quantitative estimate of drug-likeness (QED) is 0.198. The number of hydrogen-bond donors (Lipinski definition) is 0. The van der Waals surface area contributed by atoms with Crippen LogP contribution in [0.25, 0.3) is 10.9 Å². The summed E-state index contributed by atoms with van der Waals surface area (Å²) in [6.45, 7) is 8.31. The highest BCUT2D eigenvalue weighted by molar-refractivity contribution is 14.1. The van der Waals surface area contributed by atoms with Crippen LogP contribution in [-0.2, 0) is 0 Å². The third kappa shape index (κ3) is 5.68. The van der Waals surface area contributed by atoms with Gasteiger partial charge in [-0.3, -0.25) is 4.79 Å². The predicted molar refractivity (Wildman–Crippen MR) is 148 cm³/mol. The molecule has 0 amide bonds. The largest absolute Gasteiger partial charge is 0.489 e. The monoisotopic (exact) mass is 707 g/mol. The Morgan fingerprint density at radius 2 is 1.84 bits per heavy atom. The molecule has 5 nitrogen and oxygen atoms in total. The van der Waals surface area contributed by atoms with Gasteiger partial charge in [0.1, 0.15) is 11.6 Å². The minimum Gasteiger partial charge on any atom is -0.489 e. The van der Waals surface area contributed by atoms with E-state index >= 15 is 0 Å². The van der Waals surface area contributed by atoms with Gasteiger partial charge in [0.15, 0.2) is 0 Å². The van der Waals surface area contributed by atoms with Gasteiger partial charge in [-0.2, -0.15) is 9.78 Å². The summed E-state index contributed by atoms with van der Waals surface area (Å²) in [4.78, 5) is 18.0. The Labute approximate surface area is 218 Å². The maximum Gasteiger partial charge on any atom is 0.282 e. The summed E-state index contributed by atoms with van der Waals surface area (Å²) >= 11 is 8.01. The van der Waals surface area contributed by atoms with Crippen LogP contribution < -0.4 is 10.3 Å². The van der Waals surface area contributed by atoms with E-state index in [4.69, 9.17) is 9.72 Å². The average Bonchev–Trinajstić information content (AvgIpc) is 2.75. The van der Waals surface area contributed by atoms with Crippen molar-refractivity contribution in [1.82, 2.24) is 9.66 Å². The van der Waals surface area contributed by atoms with Gasteiger partial charge >= 0.3 is 0 Å². The molecule has 0 aliphatic rings. The van der Waals surface area contributed by atoms with Crippen LogP contribution in [0.2, 0.25) is 0 Å². The molecule has 31 heavy (non-hydrogen) atoms. The molecule has 0 radical (unpaired) electrons. The van der Waals surface area contributed by atoms with Gasteiger partial charge in [-0.25, -0.2) is 4.98 Å². The van der Waals surface area contributed by atoms with Crippen molar-refractivity contribution in [2.75, 3.05) is 0 Å². The second-order valence-corrected chi connectivity index (χ2v) is 10.7. The van der Waals surface area contributed by atoms with Crippen LogP contribution in [0, 0.1) is 7.14 Å². The number of ether oxygens (including phenoxy) is 1. The number of fused-ring (bicyclic) bond motifs is 1. The molecular formula is C23H24BrI2N3O2. The lowest BCUT2D eigenvalue weighted by molar-refractivity contribution is 0.214. The van der Waals surface area contributed by atoms with E-state index in [9.17, 15) is 4.79 Å². The first-order valence-electron chi connectivity index (χ1n) is 10.2. The summed E-state index contributed by atoms with van der Waals surface area (Å²) in [5, 5.41) is 5.11. The fourth-order valence-corrected chi connectivity index (χ4v) is 5.39. The van der Waals surface area contributed by atoms with E-state index < -0.39 is 0 Å². The zero-order valence-corrected chi connectivity index (χ0v) is 23.7. The molecule has 2 atom stereocenters. The molecule has 3 rings (SSSR count). The highest BCUT2D eigenvalue weighted by atomic mass is 127. The third-order valence-electron chi connectivity index (χ3n) is 5.12. The normalized spacial score (nSPS) is 13.6. The van der Waals surface area contributed by atoms with Crippen molar-refractivity contribution in [3.8, 4) is 5.75 Å². The Hall–Kier alpha value is -1.01. The van der Waals surface area contributed by atoms with Crippen LogP contribution in [0.4, 0.5) is 0 Å². The van der Waals surface area contributed by atoms with Crippen molar-refractivity contribution in [3.05, 3.63) is 63.7 Å². The standard InChI is InChI=1S/C23H24BrI2N3O2/c1-5-13(3)22-28-20-8-7-16(24)11-17(20)23(30)29(22)27-12-15-9-18(25)21(19(26)10-15)31-14(4)6-2/h7-14H,5-6H2,1-4H3/t13-,14-/m1/s1. The average molecular weight is 708 g/mol. The molecule has 1 heterocycles. The van der Waals surface area contributed by atoms with Crippen molar-refractivity contribution >= 4 is 78.2 Å². The van der Waals surface area contributed by atoms with Crippen LogP contribution in [0.15, 0.2) is 44.7 Å². The summed E-state index contributed by atoms with van der Waals surface area (Å²) in [7, 11) is 0. The summed E-state index contributed by atoms with van der Waals surface area (Å²) in [6, 6.07) is 9.59. The molecule has 1 aromatic heterocycles. The topological polar surface area (TPSA) is 56.5 Å². The van der Waals surface area contributed by atoms with Gasteiger partial charge in [-0.1, -0.05) is 36.7 Å². The van der Waals surface area contributed by atoms with E-state index in [-0.39, 0.29) is 17.6 Å². The summed E-state index contributed by atoms with van der Waals surface area (Å²) in [5.74, 6) is 1.66. The summed E-state index contributed by atoms with van der Waals surface area (Å²) in [6.07, 6.45) is 3.68. The Morgan fingerprint density at radius 1 is 1.16 bits per heavy atom. The van der Waals surface area contributed by atoms with Crippen molar-refractivity contribution < 1.29 is 4.74 Å². The highest BCUT2D eigenvalue weighted by Crippen LogP contribution is 2.30. The van der Waals surface area contributed by atoms with Gasteiger partial charge in [0.2, 0.25) is 0 Å². The van der Waals surface area contributed by atoms with Crippen LogP contribution in [0.3, 0.4) is 0 Å². The molecule has 0 saturated carbocycles. The van der Waals surface area contributed by atoms with Crippen molar-refractivity contribution in [1.29, 1.82) is 0 Å². The molecule has 164 valence electrons. The fourth-order valence-electron chi connectivity index (χ4n) is 2.95. The van der Waals surface area contributed by atoms with Gasteiger partial charge in [0.05, 0.1) is 30.4 Å². The molecule has 0 saturated heterocycles. The fraction of sp³-hybridized carbons (Fsp3) is 0.348. The van der Waals surface area contributed by atoms with Crippen molar-refractivity contribution in [2.24, 2.45) is 5.10 Å². The number of benzene rings is 2. The van der Waals surface area contributed by atoms with Gasteiger partial charge in [-0.05, 0) is 101 Å². The first-order valence-corrected chi connectivity index (χ1v) is 13.1. The number of halogens is 3. The predicted octanol–water partition coefficient (Wildman–Crippen LogP) is 6.94. The van der Waals surface area contributed by atoms with Crippen LogP contribution in [0.5, 0.6) is 5.75 Å². The summed E-state index contributed by atoms with van der Waals surface area (Å²) < 4.78 is 10.4. The first kappa shape index (κ1) is 24.6. The molecule has 2 aromatic carbocycles. The van der Waals surface area contributed by atoms with Crippen molar-refractivity contribution in [3.63, 3.8) is 0 Å². The first-order chi connectivity index (χ1) is 14.7. The van der Waals surface area contributed by atoms with Crippen molar-refractivity contribution in [2.45, 2.75) is 52.6 Å². The van der Waals surface area contributed by atoms with E-state index in [2.05, 4.69) is 93.9 Å². The van der Waals surface area contributed by atoms with E-state index in [1.807, 2.05) is 24.3 Å². The van der Waals surface area contributed by atoms with E-state index in [1.54, 1.807) is 12.3 Å². The van der Waals surface area contributed by atoms with E-state index in [0.717, 1.165) is 35.8 Å². The second-order valence-electron chi connectivity index (χ2n) is 7.45. The molecule has 0 bridgehead atoms. The molecular weight excluding hydrogens is 684 g/mol. The van der Waals surface area contributed by atoms with Crippen LogP contribution in [-0.4, -0.2) is 22.0 Å². The number of rotatable bonds is 7. The molecule has 0 unspecified atom stereocenters. The SMILES string of the molecule is CC[C@@H](C)Oc1c(I)cc(C=Nn2c([C@H](C)CC)nc3ccc(Br)cc3c2=O)cc1I. The Bertz CT molecular complexity index is 1170. The van der Waals surface area contributed by atoms with Gasteiger partial charge in [-0.15, -0.1) is 0 Å². The molecule has 0 aliphatic heterocycles. The smallest absolute Gasteiger partial charge is 0.282 e. The van der Waals surface area contributed by atoms with E-state index in [1.165, 1.54) is 4.68 Å². The number of hydrogen-bond acceptors (Lipinski definition) is 4. The molecule has 0 spiro atoms. The lowest BCUT2D eigenvalue weighted by Gasteiger charge is -2.16. The summed E-state index contributed by atoms with van der Waals surface area (Å²) in [5.41, 5.74) is 1.42. The Balaban J connectivity index is 2.08. The Morgan fingerprint density at radius 3 is 2.45 bits per heavy atom. The minimum atomic E-state index is -0.168. The maximum absolute atomic E-state index is 13.3. The van der Waals surface area contributed by atoms with Gasteiger partial charge in [0.25, 0.3) is 5.56 Å². The minimum absolute atomic E-state index is 0.101. The van der Waals surface area contributed by atoms with Crippen LogP contribution in [0.1, 0.15) is 57.8 Å². The molecule has 3 aromatic rings. The van der Waals surface area contributed by atoms with E-state index in [0.29, 0.717) is 16.7 Å². The number of nitrogens with zero attached hydrogens (tertiary/aromatic N) is 3. The molecule has 0 aliphatic carbocycles. The lowest BCUT2D eigenvalue weighted by Crippen LogP contribution is -2.23. The molecule has 0 fully saturated rings. The maximum atomic E-state index is 13.3. The molecule has 8 heteroatoms. The Kier molecular flexibility index (Phi) is 8.53. The molecule has 0 N–H and O–H groups in total. The zero-order valence-electron chi connectivity index (χ0n) is 17.8. The lowest BCUT2D eigenvalue weighted by atomic mass is 10.1. The zero-order chi connectivity index (χ0) is 22.7.